The Labute approximate surface area is 138 Å². The van der Waals surface area contributed by atoms with Crippen LogP contribution in [0.4, 0.5) is 15.8 Å². The number of nitro groups is 1. The van der Waals surface area contributed by atoms with Gasteiger partial charge in [-0.15, -0.1) is 11.3 Å². The lowest BCUT2D eigenvalue weighted by atomic mass is 9.94. The number of halogens is 2. The molecule has 1 aliphatic carbocycles. The second-order valence-electron chi connectivity index (χ2n) is 4.94. The van der Waals surface area contributed by atoms with Crippen molar-refractivity contribution in [1.29, 1.82) is 0 Å². The lowest BCUT2D eigenvalue weighted by Gasteiger charge is -2.24. The summed E-state index contributed by atoms with van der Waals surface area (Å²) in [6, 6.07) is 6.25. The summed E-state index contributed by atoms with van der Waals surface area (Å²) in [6.45, 7) is 0. The van der Waals surface area contributed by atoms with Gasteiger partial charge in [-0.3, -0.25) is 10.1 Å². The number of hydrogen-bond acceptors (Lipinski definition) is 4. The molecule has 21 heavy (non-hydrogen) atoms. The predicted octanol–water partition coefficient (Wildman–Crippen LogP) is 4.89. The molecule has 2 aromatic rings. The first-order valence-electron chi connectivity index (χ1n) is 6.53. The molecule has 0 saturated heterocycles. The van der Waals surface area contributed by atoms with Crippen molar-refractivity contribution in [2.24, 2.45) is 0 Å². The highest BCUT2D eigenvalue weighted by Gasteiger charge is 2.23. The van der Waals surface area contributed by atoms with Gasteiger partial charge in [0.2, 0.25) is 5.82 Å². The summed E-state index contributed by atoms with van der Waals surface area (Å²) >= 11 is 4.11. The summed E-state index contributed by atoms with van der Waals surface area (Å²) in [6.07, 6.45) is 3.15. The molecule has 0 spiro atoms. The molecular formula is C14H12FIN2O2S. The Morgan fingerprint density at radius 2 is 2.24 bits per heavy atom. The number of rotatable bonds is 3. The SMILES string of the molecule is O=[N+]([O-])c1cc(NC2CCCc3sc(I)cc32)ccc1F. The average molecular weight is 418 g/mol. The van der Waals surface area contributed by atoms with Gasteiger partial charge in [0.05, 0.1) is 13.8 Å². The maximum Gasteiger partial charge on any atom is 0.306 e. The topological polar surface area (TPSA) is 55.2 Å². The number of fused-ring (bicyclic) bond motifs is 1. The van der Waals surface area contributed by atoms with Crippen molar-refractivity contribution in [3.05, 3.63) is 53.5 Å². The summed E-state index contributed by atoms with van der Waals surface area (Å²) in [5, 5.41) is 14.1. The van der Waals surface area contributed by atoms with Crippen LogP contribution in [0, 0.1) is 18.8 Å². The smallest absolute Gasteiger partial charge is 0.306 e. The van der Waals surface area contributed by atoms with E-state index in [9.17, 15) is 14.5 Å². The largest absolute Gasteiger partial charge is 0.378 e. The van der Waals surface area contributed by atoms with Crippen LogP contribution in [-0.2, 0) is 6.42 Å². The van der Waals surface area contributed by atoms with Gasteiger partial charge < -0.3 is 5.32 Å². The Morgan fingerprint density at radius 1 is 1.43 bits per heavy atom. The normalized spacial score (nSPS) is 17.3. The van der Waals surface area contributed by atoms with Gasteiger partial charge in [0.25, 0.3) is 0 Å². The number of nitro benzene ring substituents is 1. The number of nitrogens with one attached hydrogen (secondary N) is 1. The summed E-state index contributed by atoms with van der Waals surface area (Å²) in [5.74, 6) is -0.806. The van der Waals surface area contributed by atoms with Crippen molar-refractivity contribution in [2.45, 2.75) is 25.3 Å². The molecule has 1 aromatic heterocycles. The maximum absolute atomic E-state index is 13.4. The van der Waals surface area contributed by atoms with Crippen LogP contribution in [0.15, 0.2) is 24.3 Å². The molecule has 1 heterocycles. The molecule has 4 nitrogen and oxygen atoms in total. The Morgan fingerprint density at radius 3 is 3.00 bits per heavy atom. The predicted molar refractivity (Wildman–Crippen MR) is 89.4 cm³/mol. The molecule has 3 rings (SSSR count). The first kappa shape index (κ1) is 14.7. The molecule has 7 heteroatoms. The zero-order valence-corrected chi connectivity index (χ0v) is 13.9. The van der Waals surface area contributed by atoms with E-state index in [-0.39, 0.29) is 6.04 Å². The van der Waals surface area contributed by atoms with Crippen molar-refractivity contribution < 1.29 is 9.31 Å². The third-order valence-electron chi connectivity index (χ3n) is 3.57. The number of anilines is 1. The van der Waals surface area contributed by atoms with Gasteiger partial charge in [-0.1, -0.05) is 0 Å². The monoisotopic (exact) mass is 418 g/mol. The number of benzene rings is 1. The van der Waals surface area contributed by atoms with Gasteiger partial charge in [-0.25, -0.2) is 0 Å². The minimum absolute atomic E-state index is 0.138. The Hall–Kier alpha value is -1.22. The zero-order chi connectivity index (χ0) is 15.0. The first-order chi connectivity index (χ1) is 10.0. The molecule has 0 radical (unpaired) electrons. The van der Waals surface area contributed by atoms with E-state index in [0.717, 1.165) is 25.3 Å². The van der Waals surface area contributed by atoms with Crippen molar-refractivity contribution >= 4 is 45.3 Å². The highest BCUT2D eigenvalue weighted by Crippen LogP contribution is 2.38. The van der Waals surface area contributed by atoms with Crippen LogP contribution in [0.3, 0.4) is 0 Å². The fourth-order valence-electron chi connectivity index (χ4n) is 2.61. The van der Waals surface area contributed by atoms with Gasteiger partial charge in [0.15, 0.2) is 0 Å². The molecule has 1 aromatic carbocycles. The van der Waals surface area contributed by atoms with E-state index in [4.69, 9.17) is 0 Å². The second-order valence-corrected chi connectivity index (χ2v) is 7.97. The van der Waals surface area contributed by atoms with E-state index in [1.54, 1.807) is 17.4 Å². The Kier molecular flexibility index (Phi) is 4.12. The molecule has 1 aliphatic rings. The van der Waals surface area contributed by atoms with Gasteiger partial charge in [0, 0.05) is 16.6 Å². The number of aryl methyl sites for hydroxylation is 1. The minimum atomic E-state index is -0.806. The van der Waals surface area contributed by atoms with Crippen LogP contribution < -0.4 is 5.32 Å². The molecule has 0 amide bonds. The number of thiophene rings is 1. The summed E-state index contributed by atoms with van der Waals surface area (Å²) in [5.41, 5.74) is 1.36. The van der Waals surface area contributed by atoms with Gasteiger partial charge in [-0.2, -0.15) is 4.39 Å². The highest BCUT2D eigenvalue weighted by atomic mass is 127. The van der Waals surface area contributed by atoms with E-state index in [2.05, 4.69) is 34.0 Å². The Bertz CT molecular complexity index is 704. The quantitative estimate of drug-likeness (QED) is 0.439. The van der Waals surface area contributed by atoms with Crippen LogP contribution >= 0.6 is 33.9 Å². The molecule has 1 atom stereocenters. The third-order valence-corrected chi connectivity index (χ3v) is 5.54. The van der Waals surface area contributed by atoms with Gasteiger partial charge >= 0.3 is 5.69 Å². The van der Waals surface area contributed by atoms with Crippen LogP contribution in [0.1, 0.15) is 29.3 Å². The highest BCUT2D eigenvalue weighted by molar-refractivity contribution is 14.1. The first-order valence-corrected chi connectivity index (χ1v) is 8.42. The summed E-state index contributed by atoms with van der Waals surface area (Å²) < 4.78 is 14.6. The van der Waals surface area contributed by atoms with E-state index in [1.807, 2.05) is 0 Å². The van der Waals surface area contributed by atoms with Crippen molar-refractivity contribution in [1.82, 2.24) is 0 Å². The van der Waals surface area contributed by atoms with Crippen molar-refractivity contribution in [2.75, 3.05) is 5.32 Å². The fourth-order valence-corrected chi connectivity index (χ4v) is 4.73. The number of nitrogens with zero attached hydrogens (tertiary/aromatic N) is 1. The summed E-state index contributed by atoms with van der Waals surface area (Å²) in [7, 11) is 0. The van der Waals surface area contributed by atoms with Crippen LogP contribution in [-0.4, -0.2) is 4.92 Å². The number of hydrogen-bond donors (Lipinski definition) is 1. The molecule has 110 valence electrons. The second kappa shape index (κ2) is 5.88. The van der Waals surface area contributed by atoms with Gasteiger partial charge in [-0.05, 0) is 65.6 Å². The Balaban J connectivity index is 1.88. The molecule has 1 N–H and O–H groups in total. The van der Waals surface area contributed by atoms with E-state index >= 15 is 0 Å². The molecular weight excluding hydrogens is 406 g/mol. The average Bonchev–Trinajstić information content (AvgIpc) is 2.82. The van der Waals surface area contributed by atoms with E-state index in [0.29, 0.717) is 5.69 Å². The molecule has 0 saturated carbocycles. The van der Waals surface area contributed by atoms with Crippen LogP contribution in [0.25, 0.3) is 0 Å². The van der Waals surface area contributed by atoms with Crippen LogP contribution in [0.2, 0.25) is 0 Å². The van der Waals surface area contributed by atoms with Gasteiger partial charge in [0.1, 0.15) is 0 Å². The van der Waals surface area contributed by atoms with E-state index < -0.39 is 16.4 Å². The minimum Gasteiger partial charge on any atom is -0.378 e. The third kappa shape index (κ3) is 3.03. The molecule has 0 bridgehead atoms. The standard InChI is InChI=1S/C14H12FIN2O2S/c15-10-5-4-8(6-12(10)18(19)20)17-11-2-1-3-13-9(11)7-14(16)21-13/h4-7,11,17H,1-3H2. The van der Waals surface area contributed by atoms with Crippen LogP contribution in [0.5, 0.6) is 0 Å². The zero-order valence-electron chi connectivity index (χ0n) is 10.9. The van der Waals surface area contributed by atoms with Crippen molar-refractivity contribution in [3.63, 3.8) is 0 Å². The van der Waals surface area contributed by atoms with Crippen molar-refractivity contribution in [3.8, 4) is 0 Å². The lowest BCUT2D eigenvalue weighted by Crippen LogP contribution is -2.15. The maximum atomic E-state index is 13.4. The molecule has 0 fully saturated rings. The summed E-state index contributed by atoms with van der Waals surface area (Å²) in [4.78, 5) is 11.5. The molecule has 0 aliphatic heterocycles. The molecule has 1 unspecified atom stereocenters. The fraction of sp³-hybridized carbons (Fsp3) is 0.286. The van der Waals surface area contributed by atoms with E-state index in [1.165, 1.54) is 19.4 Å². The lowest BCUT2D eigenvalue weighted by molar-refractivity contribution is -0.387.